The summed E-state index contributed by atoms with van der Waals surface area (Å²) < 4.78 is 5.41. The average Bonchev–Trinajstić information content (AvgIpc) is 2.92. The summed E-state index contributed by atoms with van der Waals surface area (Å²) in [4.78, 5) is 19.0. The second-order valence-electron chi connectivity index (χ2n) is 4.18. The van der Waals surface area contributed by atoms with Crippen LogP contribution in [0.4, 0.5) is 0 Å². The number of fused-ring (bicyclic) bond motifs is 1. The van der Waals surface area contributed by atoms with Crippen molar-refractivity contribution in [2.75, 3.05) is 13.4 Å². The van der Waals surface area contributed by atoms with Crippen LogP contribution in [0.1, 0.15) is 0 Å². The van der Waals surface area contributed by atoms with Crippen LogP contribution in [0, 0.1) is 0 Å². The van der Waals surface area contributed by atoms with Gasteiger partial charge in [0.2, 0.25) is 5.52 Å². The van der Waals surface area contributed by atoms with Crippen LogP contribution in [0.2, 0.25) is 0 Å². The molecule has 1 aromatic carbocycles. The fourth-order valence-electron chi connectivity index (χ4n) is 2.05. The van der Waals surface area contributed by atoms with Crippen LogP contribution in [0.5, 0.6) is 5.75 Å². The van der Waals surface area contributed by atoms with E-state index < -0.39 is 0 Å². The summed E-state index contributed by atoms with van der Waals surface area (Å²) in [6.07, 6.45) is 3.58. The predicted octanol–water partition coefficient (Wildman–Crippen LogP) is 1.46. The van der Waals surface area contributed by atoms with Crippen molar-refractivity contribution < 1.29 is 9.72 Å². The number of ether oxygens (including phenoxy) is 1. The molecular weight excluding hydrogens is 276 g/mol. The van der Waals surface area contributed by atoms with Crippen molar-refractivity contribution in [3.05, 3.63) is 34.7 Å². The number of H-pyrrole nitrogens is 3. The van der Waals surface area contributed by atoms with E-state index in [0.717, 1.165) is 16.2 Å². The van der Waals surface area contributed by atoms with Gasteiger partial charge >= 0.3 is 5.56 Å². The molecule has 0 spiro atoms. The first kappa shape index (κ1) is 12.7. The van der Waals surface area contributed by atoms with E-state index in [1.165, 1.54) is 0 Å². The van der Waals surface area contributed by atoms with Gasteiger partial charge in [0.15, 0.2) is 5.52 Å². The van der Waals surface area contributed by atoms with Crippen molar-refractivity contribution in [3.63, 3.8) is 0 Å². The number of rotatable bonds is 3. The van der Waals surface area contributed by atoms with Crippen molar-refractivity contribution in [2.45, 2.75) is 4.90 Å². The summed E-state index contributed by atoms with van der Waals surface area (Å²) in [5, 5.41) is 6.16. The van der Waals surface area contributed by atoms with Crippen LogP contribution in [0.25, 0.3) is 22.4 Å². The molecule has 3 aromatic rings. The van der Waals surface area contributed by atoms with Crippen molar-refractivity contribution in [1.82, 2.24) is 15.2 Å². The number of aromatic nitrogens is 4. The molecule has 2 heterocycles. The summed E-state index contributed by atoms with van der Waals surface area (Å²) in [6, 6.07) is 5.92. The van der Waals surface area contributed by atoms with Gasteiger partial charge in [-0.15, -0.1) is 11.8 Å². The van der Waals surface area contributed by atoms with Crippen molar-refractivity contribution >= 4 is 22.8 Å². The van der Waals surface area contributed by atoms with Gasteiger partial charge in [-0.2, -0.15) is 5.10 Å². The second-order valence-corrected chi connectivity index (χ2v) is 5.06. The summed E-state index contributed by atoms with van der Waals surface area (Å²) in [6.45, 7) is 0. The molecule has 0 aliphatic heterocycles. The van der Waals surface area contributed by atoms with Gasteiger partial charge in [-0.25, -0.2) is 15.1 Å². The first-order chi connectivity index (χ1) is 9.72. The highest BCUT2D eigenvalue weighted by atomic mass is 32.2. The first-order valence-electron chi connectivity index (χ1n) is 5.94. The molecule has 2 aromatic heterocycles. The number of nitrogens with zero attached hydrogens (tertiary/aromatic N) is 1. The molecule has 7 heteroatoms. The predicted molar refractivity (Wildman–Crippen MR) is 77.0 cm³/mol. The number of hydrogen-bond acceptors (Lipinski definition) is 4. The van der Waals surface area contributed by atoms with E-state index in [-0.39, 0.29) is 5.56 Å². The lowest BCUT2D eigenvalue weighted by Crippen LogP contribution is -2.15. The molecule has 0 radical (unpaired) electrons. The highest BCUT2D eigenvalue weighted by Gasteiger charge is 2.18. The number of imidazole rings is 1. The summed E-state index contributed by atoms with van der Waals surface area (Å²) >= 11 is 1.64. The number of methoxy groups -OCH3 is 1. The van der Waals surface area contributed by atoms with Gasteiger partial charge in [0.1, 0.15) is 11.3 Å². The number of thioether (sulfide) groups is 1. The second kappa shape index (κ2) is 5.01. The normalized spacial score (nSPS) is 10.9. The van der Waals surface area contributed by atoms with E-state index >= 15 is 0 Å². The average molecular weight is 289 g/mol. The lowest BCUT2D eigenvalue weighted by Gasteiger charge is -2.05. The highest BCUT2D eigenvalue weighted by molar-refractivity contribution is 7.98. The topological polar surface area (TPSA) is 84.9 Å². The molecule has 0 saturated carbocycles. The van der Waals surface area contributed by atoms with Crippen molar-refractivity contribution in [2.24, 2.45) is 0 Å². The van der Waals surface area contributed by atoms with Crippen molar-refractivity contribution in [3.8, 4) is 17.1 Å². The van der Waals surface area contributed by atoms with E-state index in [4.69, 9.17) is 4.74 Å². The Morgan fingerprint density at radius 2 is 2.25 bits per heavy atom. The zero-order chi connectivity index (χ0) is 14.1. The Labute approximate surface area is 118 Å². The maximum Gasteiger partial charge on any atom is 0.315 e. The van der Waals surface area contributed by atoms with Crippen LogP contribution in [-0.4, -0.2) is 28.5 Å². The molecule has 0 fully saturated rings. The van der Waals surface area contributed by atoms with Crippen LogP contribution in [0.15, 0.2) is 34.1 Å². The van der Waals surface area contributed by atoms with Gasteiger partial charge in [-0.1, -0.05) is 0 Å². The molecule has 102 valence electrons. The van der Waals surface area contributed by atoms with E-state index in [9.17, 15) is 4.79 Å². The fourth-order valence-corrected chi connectivity index (χ4v) is 2.48. The molecule has 0 aliphatic rings. The molecule has 0 atom stereocenters. The molecule has 0 bridgehead atoms. The molecule has 0 aliphatic carbocycles. The number of nitrogens with one attached hydrogen (secondary N) is 3. The van der Waals surface area contributed by atoms with E-state index in [1.54, 1.807) is 25.1 Å². The largest absolute Gasteiger partial charge is 0.496 e. The summed E-state index contributed by atoms with van der Waals surface area (Å²) in [5.74, 6) is 1.45. The Kier molecular flexibility index (Phi) is 3.19. The monoisotopic (exact) mass is 289 g/mol. The molecule has 0 saturated heterocycles. The Bertz CT molecular complexity index is 825. The van der Waals surface area contributed by atoms with Gasteiger partial charge in [0.05, 0.1) is 13.3 Å². The molecule has 3 N–H and O–H groups in total. The molecular formula is C13H13N4O2S+. The molecule has 0 amide bonds. The van der Waals surface area contributed by atoms with Gasteiger partial charge in [-0.3, -0.25) is 4.79 Å². The molecule has 3 rings (SSSR count). The van der Waals surface area contributed by atoms with Gasteiger partial charge in [0.25, 0.3) is 5.82 Å². The quantitative estimate of drug-likeness (QED) is 0.715. The SMILES string of the molecule is COc1cc(SC)ccc1-c1[nH]c2cn[nH]c(=O)c2[nH+]1. The Morgan fingerprint density at radius 1 is 1.40 bits per heavy atom. The number of benzene rings is 1. The minimum atomic E-state index is -0.260. The molecule has 20 heavy (non-hydrogen) atoms. The Morgan fingerprint density at radius 3 is 2.95 bits per heavy atom. The van der Waals surface area contributed by atoms with E-state index in [2.05, 4.69) is 20.2 Å². The zero-order valence-electron chi connectivity index (χ0n) is 11.0. The standard InChI is InChI=1S/C13H12N4O2S/c1-19-10-5-7(20-2)3-4-8(10)12-15-9-6-14-17-13(18)11(9)16-12/h3-6H,1-2H3,(H,15,16)(H,17,18)/p+1. The minimum Gasteiger partial charge on any atom is -0.496 e. The lowest BCUT2D eigenvalue weighted by atomic mass is 10.2. The van der Waals surface area contributed by atoms with Crippen LogP contribution in [-0.2, 0) is 0 Å². The lowest BCUT2D eigenvalue weighted by molar-refractivity contribution is -0.331. The fraction of sp³-hybridized carbons (Fsp3) is 0.154. The highest BCUT2D eigenvalue weighted by Crippen LogP contribution is 2.30. The van der Waals surface area contributed by atoms with Crippen LogP contribution < -0.4 is 15.3 Å². The molecule has 0 unspecified atom stereocenters. The molecule has 6 nitrogen and oxygen atoms in total. The smallest absolute Gasteiger partial charge is 0.315 e. The maximum atomic E-state index is 11.7. The zero-order valence-corrected chi connectivity index (χ0v) is 11.8. The third-order valence-corrected chi connectivity index (χ3v) is 3.77. The Balaban J connectivity index is 2.20. The third-order valence-electron chi connectivity index (χ3n) is 3.04. The minimum absolute atomic E-state index is 0.260. The van der Waals surface area contributed by atoms with E-state index in [0.29, 0.717) is 16.9 Å². The van der Waals surface area contributed by atoms with Crippen LogP contribution in [0.3, 0.4) is 0 Å². The summed E-state index contributed by atoms with van der Waals surface area (Å²) in [7, 11) is 1.62. The first-order valence-corrected chi connectivity index (χ1v) is 7.16. The van der Waals surface area contributed by atoms with Crippen molar-refractivity contribution in [1.29, 1.82) is 0 Å². The maximum absolute atomic E-state index is 11.7. The number of aromatic amines is 3. The third kappa shape index (κ3) is 2.05. The van der Waals surface area contributed by atoms with Gasteiger partial charge in [-0.05, 0) is 24.5 Å². The van der Waals surface area contributed by atoms with Gasteiger partial charge < -0.3 is 4.74 Å². The van der Waals surface area contributed by atoms with Gasteiger partial charge in [0, 0.05) is 4.90 Å². The summed E-state index contributed by atoms with van der Waals surface area (Å²) in [5.41, 5.74) is 1.72. The van der Waals surface area contributed by atoms with E-state index in [1.807, 2.05) is 24.5 Å². The van der Waals surface area contributed by atoms with Crippen LogP contribution >= 0.6 is 11.8 Å². The Hall–Kier alpha value is -2.28. The number of hydrogen-bond donors (Lipinski definition) is 2.